The molecule has 3 heterocycles. The third-order valence-electron chi connectivity index (χ3n) is 4.97. The van der Waals surface area contributed by atoms with Gasteiger partial charge in [-0.15, -0.1) is 0 Å². The zero-order valence-electron chi connectivity index (χ0n) is 16.6. The topological polar surface area (TPSA) is 89.5 Å². The van der Waals surface area contributed by atoms with Crippen molar-refractivity contribution in [1.29, 1.82) is 0 Å². The Morgan fingerprint density at radius 3 is 2.25 bits per heavy atom. The van der Waals surface area contributed by atoms with E-state index in [1.807, 2.05) is 6.92 Å². The van der Waals surface area contributed by atoms with Crippen molar-refractivity contribution in [2.24, 2.45) is 0 Å². The molecule has 3 saturated heterocycles. The Bertz CT molecular complexity index is 832. The van der Waals surface area contributed by atoms with Gasteiger partial charge in [-0.05, 0) is 46.8 Å². The number of fused-ring (bicyclic) bond motifs is 1. The second-order valence-electron chi connectivity index (χ2n) is 8.26. The highest BCUT2D eigenvalue weighted by molar-refractivity contribution is 7.86. The molecule has 0 amide bonds. The van der Waals surface area contributed by atoms with Crippen LogP contribution in [0.15, 0.2) is 29.2 Å². The van der Waals surface area contributed by atoms with Gasteiger partial charge in [-0.3, -0.25) is 4.18 Å². The van der Waals surface area contributed by atoms with Gasteiger partial charge in [0.2, 0.25) is 0 Å². The summed E-state index contributed by atoms with van der Waals surface area (Å²) in [5, 5.41) is 0. The van der Waals surface area contributed by atoms with Crippen molar-refractivity contribution in [2.45, 2.75) is 81.8 Å². The minimum Gasteiger partial charge on any atom is -0.348 e. The van der Waals surface area contributed by atoms with E-state index in [0.717, 1.165) is 5.56 Å². The molecule has 0 N–H and O–H groups in total. The molecule has 3 unspecified atom stereocenters. The highest BCUT2D eigenvalue weighted by Crippen LogP contribution is 2.42. The van der Waals surface area contributed by atoms with Crippen molar-refractivity contribution >= 4 is 10.1 Å². The minimum absolute atomic E-state index is 0.0717. The van der Waals surface area contributed by atoms with Gasteiger partial charge in [-0.2, -0.15) is 8.42 Å². The van der Waals surface area contributed by atoms with Crippen LogP contribution in [0, 0.1) is 6.92 Å². The molecule has 0 saturated carbocycles. The van der Waals surface area contributed by atoms with Crippen LogP contribution in [0.1, 0.15) is 33.3 Å². The first kappa shape index (κ1) is 20.2. The van der Waals surface area contributed by atoms with Crippen molar-refractivity contribution in [3.05, 3.63) is 29.8 Å². The number of hydrogen-bond acceptors (Lipinski definition) is 8. The largest absolute Gasteiger partial charge is 0.348 e. The summed E-state index contributed by atoms with van der Waals surface area (Å²) in [5.41, 5.74) is 0.953. The van der Waals surface area contributed by atoms with Gasteiger partial charge < -0.3 is 23.7 Å². The molecule has 4 rings (SSSR count). The molecule has 28 heavy (non-hydrogen) atoms. The van der Waals surface area contributed by atoms with Crippen molar-refractivity contribution in [3.63, 3.8) is 0 Å². The lowest BCUT2D eigenvalue weighted by molar-refractivity contribution is -0.230. The third-order valence-corrected chi connectivity index (χ3v) is 6.30. The first-order chi connectivity index (χ1) is 13.0. The molecule has 0 spiro atoms. The molecular formula is C19H26O8S. The number of ether oxygens (including phenoxy) is 5. The Morgan fingerprint density at radius 1 is 0.964 bits per heavy atom. The van der Waals surface area contributed by atoms with Gasteiger partial charge in [-0.1, -0.05) is 17.7 Å². The van der Waals surface area contributed by atoms with Gasteiger partial charge >= 0.3 is 0 Å². The summed E-state index contributed by atoms with van der Waals surface area (Å²) >= 11 is 0. The van der Waals surface area contributed by atoms with E-state index in [0.29, 0.717) is 0 Å². The highest BCUT2D eigenvalue weighted by atomic mass is 32.2. The predicted molar refractivity (Wildman–Crippen MR) is 96.8 cm³/mol. The van der Waals surface area contributed by atoms with Gasteiger partial charge in [0.15, 0.2) is 17.9 Å². The van der Waals surface area contributed by atoms with E-state index in [1.54, 1.807) is 39.8 Å². The van der Waals surface area contributed by atoms with E-state index >= 15 is 0 Å². The van der Waals surface area contributed by atoms with Gasteiger partial charge in [0.25, 0.3) is 10.1 Å². The average Bonchev–Trinajstić information content (AvgIpc) is 3.18. The van der Waals surface area contributed by atoms with Gasteiger partial charge in [0.1, 0.15) is 24.4 Å². The molecule has 0 aromatic heterocycles. The zero-order valence-corrected chi connectivity index (χ0v) is 17.4. The molecule has 1 aromatic carbocycles. The van der Waals surface area contributed by atoms with Crippen molar-refractivity contribution in [2.75, 3.05) is 6.61 Å². The molecule has 8 nitrogen and oxygen atoms in total. The van der Waals surface area contributed by atoms with Gasteiger partial charge in [0.05, 0.1) is 11.5 Å². The number of hydrogen-bond donors (Lipinski definition) is 0. The van der Waals surface area contributed by atoms with E-state index in [4.69, 9.17) is 27.9 Å². The van der Waals surface area contributed by atoms with Crippen LogP contribution in [0.2, 0.25) is 0 Å². The molecule has 0 radical (unpaired) electrons. The SMILES string of the molecule is Cc1ccc(S(=O)(=O)OC2C3OC(C)(C)O[C@H]3O[C@H]2C2COC(C)(C)O2)cc1. The summed E-state index contributed by atoms with van der Waals surface area (Å²) in [6.07, 6.45) is -3.60. The fourth-order valence-corrected chi connectivity index (χ4v) is 4.79. The lowest BCUT2D eigenvalue weighted by Gasteiger charge is -2.28. The summed E-state index contributed by atoms with van der Waals surface area (Å²) < 4.78 is 60.5. The average molecular weight is 414 g/mol. The van der Waals surface area contributed by atoms with Crippen LogP contribution in [0.5, 0.6) is 0 Å². The van der Waals surface area contributed by atoms with Crippen LogP contribution in [0.3, 0.4) is 0 Å². The van der Waals surface area contributed by atoms with E-state index < -0.39 is 52.4 Å². The Balaban J connectivity index is 1.61. The maximum atomic E-state index is 12.9. The van der Waals surface area contributed by atoms with Crippen molar-refractivity contribution < 1.29 is 36.3 Å². The molecule has 0 aliphatic carbocycles. The van der Waals surface area contributed by atoms with Crippen LogP contribution in [-0.2, 0) is 38.0 Å². The quantitative estimate of drug-likeness (QED) is 0.692. The lowest BCUT2D eigenvalue weighted by Crippen LogP contribution is -2.45. The van der Waals surface area contributed by atoms with Crippen LogP contribution < -0.4 is 0 Å². The van der Waals surface area contributed by atoms with Crippen LogP contribution in [0.25, 0.3) is 0 Å². The fraction of sp³-hybridized carbons (Fsp3) is 0.684. The van der Waals surface area contributed by atoms with Gasteiger partial charge in [-0.25, -0.2) is 0 Å². The first-order valence-electron chi connectivity index (χ1n) is 9.29. The standard InChI is InChI=1S/C19H26O8S/c1-11-6-8-12(9-7-11)28(20,21)27-15-14(13-10-22-18(2,3)24-13)23-17-16(15)25-19(4,5)26-17/h6-9,13-17H,10H2,1-5H3/t13?,14-,15?,16?,17+/m0/s1. The van der Waals surface area contributed by atoms with Crippen LogP contribution in [0.4, 0.5) is 0 Å². The van der Waals surface area contributed by atoms with E-state index in [1.165, 1.54) is 12.1 Å². The molecule has 9 heteroatoms. The Morgan fingerprint density at radius 2 is 1.64 bits per heavy atom. The Kier molecular flexibility index (Phi) is 4.86. The monoisotopic (exact) mass is 414 g/mol. The summed E-state index contributed by atoms with van der Waals surface area (Å²) in [6.45, 7) is 9.20. The van der Waals surface area contributed by atoms with Gasteiger partial charge in [0, 0.05) is 0 Å². The Labute approximate surface area is 165 Å². The molecule has 156 valence electrons. The third kappa shape index (κ3) is 3.85. The maximum Gasteiger partial charge on any atom is 0.297 e. The molecule has 1 aromatic rings. The number of aryl methyl sites for hydroxylation is 1. The summed E-state index contributed by atoms with van der Waals surface area (Å²) in [6, 6.07) is 6.47. The predicted octanol–water partition coefficient (Wildman–Crippen LogP) is 2.10. The fourth-order valence-electron chi connectivity index (χ4n) is 3.70. The first-order valence-corrected chi connectivity index (χ1v) is 10.7. The smallest absolute Gasteiger partial charge is 0.297 e. The normalized spacial score (nSPS) is 36.5. The molecule has 3 aliphatic rings. The molecule has 3 aliphatic heterocycles. The molecule has 3 fully saturated rings. The van der Waals surface area contributed by atoms with Crippen molar-refractivity contribution in [3.8, 4) is 0 Å². The molecular weight excluding hydrogens is 388 g/mol. The highest BCUT2D eigenvalue weighted by Gasteiger charge is 2.60. The lowest BCUT2D eigenvalue weighted by atomic mass is 10.1. The summed E-state index contributed by atoms with van der Waals surface area (Å²) in [4.78, 5) is 0.0717. The van der Waals surface area contributed by atoms with E-state index in [2.05, 4.69) is 0 Å². The zero-order chi connectivity index (χ0) is 20.3. The summed E-state index contributed by atoms with van der Waals surface area (Å²) in [7, 11) is -4.04. The maximum absolute atomic E-state index is 12.9. The summed E-state index contributed by atoms with van der Waals surface area (Å²) in [5.74, 6) is -1.69. The van der Waals surface area contributed by atoms with E-state index in [-0.39, 0.29) is 11.5 Å². The minimum atomic E-state index is -4.04. The number of benzene rings is 1. The Hall–Kier alpha value is -1.07. The van der Waals surface area contributed by atoms with Crippen LogP contribution in [-0.4, -0.2) is 57.3 Å². The second kappa shape index (κ2) is 6.73. The second-order valence-corrected chi connectivity index (χ2v) is 9.84. The van der Waals surface area contributed by atoms with E-state index in [9.17, 15) is 8.42 Å². The molecule has 5 atom stereocenters. The molecule has 0 bridgehead atoms. The van der Waals surface area contributed by atoms with Crippen molar-refractivity contribution in [1.82, 2.24) is 0 Å². The number of rotatable bonds is 4. The van der Waals surface area contributed by atoms with Crippen LogP contribution >= 0.6 is 0 Å².